The number of aromatic carboxylic acids is 1. The van der Waals surface area contributed by atoms with Crippen LogP contribution >= 0.6 is 0 Å². The van der Waals surface area contributed by atoms with Gasteiger partial charge in [0, 0.05) is 10.9 Å². The highest BCUT2D eigenvalue weighted by Crippen LogP contribution is 2.32. The Hall–Kier alpha value is -3.08. The topological polar surface area (TPSA) is 68.7 Å². The van der Waals surface area contributed by atoms with Gasteiger partial charge in [-0.25, -0.2) is 9.78 Å². The van der Waals surface area contributed by atoms with Gasteiger partial charge in [-0.05, 0) is 50.2 Å². The summed E-state index contributed by atoms with van der Waals surface area (Å²) < 4.78 is 11.1. The van der Waals surface area contributed by atoms with E-state index in [4.69, 9.17) is 9.47 Å². The van der Waals surface area contributed by atoms with Gasteiger partial charge < -0.3 is 14.6 Å². The Morgan fingerprint density at radius 1 is 1.04 bits per heavy atom. The van der Waals surface area contributed by atoms with E-state index in [0.29, 0.717) is 41.3 Å². The first-order valence-electron chi connectivity index (χ1n) is 8.17. The second kappa shape index (κ2) is 7.21. The molecule has 0 atom stereocenters. The molecule has 0 radical (unpaired) electrons. The van der Waals surface area contributed by atoms with Crippen LogP contribution in [0.4, 0.5) is 0 Å². The fraction of sp³-hybridized carbons (Fsp3) is 0.200. The first kappa shape index (κ1) is 16.8. The highest BCUT2D eigenvalue weighted by molar-refractivity contribution is 6.04. The fourth-order valence-corrected chi connectivity index (χ4v) is 2.74. The van der Waals surface area contributed by atoms with Crippen LogP contribution in [0.3, 0.4) is 0 Å². The molecule has 5 heteroatoms. The fourth-order valence-electron chi connectivity index (χ4n) is 2.74. The number of rotatable bonds is 6. The average Bonchev–Trinajstić information content (AvgIpc) is 2.62. The molecule has 0 saturated carbocycles. The van der Waals surface area contributed by atoms with Gasteiger partial charge in [-0.2, -0.15) is 0 Å². The van der Waals surface area contributed by atoms with Crippen molar-refractivity contribution in [3.05, 3.63) is 54.1 Å². The summed E-state index contributed by atoms with van der Waals surface area (Å²) in [6.45, 7) is 4.83. The molecule has 0 amide bonds. The number of hydrogen-bond acceptors (Lipinski definition) is 4. The van der Waals surface area contributed by atoms with E-state index in [0.717, 1.165) is 5.56 Å². The molecule has 0 unspecified atom stereocenters. The molecule has 0 spiro atoms. The van der Waals surface area contributed by atoms with Crippen LogP contribution in [0.15, 0.2) is 48.5 Å². The van der Waals surface area contributed by atoms with Gasteiger partial charge in [0.15, 0.2) is 0 Å². The zero-order valence-corrected chi connectivity index (χ0v) is 14.2. The van der Waals surface area contributed by atoms with Gasteiger partial charge in [-0.1, -0.05) is 12.1 Å². The Morgan fingerprint density at radius 3 is 2.52 bits per heavy atom. The number of ether oxygens (including phenoxy) is 2. The molecule has 1 aromatic heterocycles. The first-order valence-corrected chi connectivity index (χ1v) is 8.17. The molecule has 0 fully saturated rings. The maximum atomic E-state index is 11.8. The molecular formula is C20H19NO4. The van der Waals surface area contributed by atoms with Gasteiger partial charge in [0.05, 0.1) is 30.0 Å². The van der Waals surface area contributed by atoms with Crippen LogP contribution in [-0.4, -0.2) is 29.3 Å². The van der Waals surface area contributed by atoms with Crippen molar-refractivity contribution in [2.24, 2.45) is 0 Å². The zero-order valence-electron chi connectivity index (χ0n) is 14.2. The van der Waals surface area contributed by atoms with Crippen molar-refractivity contribution in [3.63, 3.8) is 0 Å². The molecular weight excluding hydrogens is 318 g/mol. The van der Waals surface area contributed by atoms with Crippen LogP contribution in [0.1, 0.15) is 24.2 Å². The number of aromatic nitrogens is 1. The van der Waals surface area contributed by atoms with E-state index >= 15 is 0 Å². The number of nitrogens with zero attached hydrogens (tertiary/aromatic N) is 1. The van der Waals surface area contributed by atoms with Crippen molar-refractivity contribution < 1.29 is 19.4 Å². The monoisotopic (exact) mass is 337 g/mol. The molecule has 0 saturated heterocycles. The summed E-state index contributed by atoms with van der Waals surface area (Å²) in [6.07, 6.45) is 0. The van der Waals surface area contributed by atoms with Crippen LogP contribution in [0.25, 0.3) is 22.2 Å². The molecule has 5 nitrogen and oxygen atoms in total. The number of carboxylic acid groups (broad SMARTS) is 1. The van der Waals surface area contributed by atoms with E-state index in [1.807, 2.05) is 38.1 Å². The summed E-state index contributed by atoms with van der Waals surface area (Å²) in [4.78, 5) is 16.4. The zero-order chi connectivity index (χ0) is 17.8. The van der Waals surface area contributed by atoms with E-state index in [2.05, 4.69) is 4.98 Å². The third-order valence-corrected chi connectivity index (χ3v) is 3.78. The summed E-state index contributed by atoms with van der Waals surface area (Å²) in [5, 5.41) is 10.2. The molecule has 3 rings (SSSR count). The second-order valence-corrected chi connectivity index (χ2v) is 5.40. The molecule has 0 bridgehead atoms. The van der Waals surface area contributed by atoms with Crippen molar-refractivity contribution in [2.45, 2.75) is 13.8 Å². The summed E-state index contributed by atoms with van der Waals surface area (Å²) in [5.41, 5.74) is 2.12. The largest absolute Gasteiger partial charge is 0.494 e. The lowest BCUT2D eigenvalue weighted by Gasteiger charge is -2.12. The smallest absolute Gasteiger partial charge is 0.336 e. The summed E-state index contributed by atoms with van der Waals surface area (Å²) in [6, 6.07) is 14.3. The number of para-hydroxylation sites is 1. The molecule has 25 heavy (non-hydrogen) atoms. The average molecular weight is 337 g/mol. The van der Waals surface area contributed by atoms with Crippen LogP contribution in [0.5, 0.6) is 11.5 Å². The lowest BCUT2D eigenvalue weighted by Crippen LogP contribution is -2.02. The minimum Gasteiger partial charge on any atom is -0.494 e. The molecule has 0 aliphatic rings. The lowest BCUT2D eigenvalue weighted by atomic mass is 10.0. The minimum absolute atomic E-state index is 0.188. The minimum atomic E-state index is -1.00. The standard InChI is InChI=1S/C20H19NO4/c1-3-24-13-9-10-17-15(11-13)16(20(22)23)12-18(21-17)14-7-5-6-8-19(14)25-4-2/h5-12H,3-4H2,1-2H3,(H,22,23). The van der Waals surface area contributed by atoms with Crippen LogP contribution in [0.2, 0.25) is 0 Å². The molecule has 3 aromatic rings. The normalized spacial score (nSPS) is 10.6. The second-order valence-electron chi connectivity index (χ2n) is 5.40. The number of pyridine rings is 1. The predicted molar refractivity (Wildman–Crippen MR) is 96.5 cm³/mol. The number of carbonyl (C=O) groups is 1. The Labute approximate surface area is 145 Å². The van der Waals surface area contributed by atoms with Gasteiger partial charge in [0.1, 0.15) is 11.5 Å². The Morgan fingerprint density at radius 2 is 1.80 bits per heavy atom. The van der Waals surface area contributed by atoms with E-state index in [1.54, 1.807) is 24.3 Å². The highest BCUT2D eigenvalue weighted by Gasteiger charge is 2.16. The molecule has 0 aliphatic heterocycles. The highest BCUT2D eigenvalue weighted by atomic mass is 16.5. The van der Waals surface area contributed by atoms with Gasteiger partial charge >= 0.3 is 5.97 Å². The van der Waals surface area contributed by atoms with E-state index in [-0.39, 0.29) is 5.56 Å². The van der Waals surface area contributed by atoms with Gasteiger partial charge in [0.2, 0.25) is 0 Å². The van der Waals surface area contributed by atoms with Crippen molar-refractivity contribution in [1.29, 1.82) is 0 Å². The Balaban J connectivity index is 2.21. The van der Waals surface area contributed by atoms with Crippen LogP contribution in [-0.2, 0) is 0 Å². The molecule has 128 valence electrons. The number of carboxylic acids is 1. The SMILES string of the molecule is CCOc1ccc2nc(-c3ccccc3OCC)cc(C(=O)O)c2c1. The Bertz CT molecular complexity index is 921. The summed E-state index contributed by atoms with van der Waals surface area (Å²) in [7, 11) is 0. The summed E-state index contributed by atoms with van der Waals surface area (Å²) >= 11 is 0. The summed E-state index contributed by atoms with van der Waals surface area (Å²) in [5.74, 6) is 0.303. The Kier molecular flexibility index (Phi) is 4.84. The molecule has 2 aromatic carbocycles. The maximum Gasteiger partial charge on any atom is 0.336 e. The van der Waals surface area contributed by atoms with E-state index < -0.39 is 5.97 Å². The predicted octanol–water partition coefficient (Wildman–Crippen LogP) is 4.40. The number of benzene rings is 2. The van der Waals surface area contributed by atoms with Gasteiger partial charge in [-0.15, -0.1) is 0 Å². The van der Waals surface area contributed by atoms with Gasteiger partial charge in [0.25, 0.3) is 0 Å². The third-order valence-electron chi connectivity index (χ3n) is 3.78. The van der Waals surface area contributed by atoms with Gasteiger partial charge in [-0.3, -0.25) is 0 Å². The van der Waals surface area contributed by atoms with Crippen LogP contribution < -0.4 is 9.47 Å². The van der Waals surface area contributed by atoms with Crippen molar-refractivity contribution in [3.8, 4) is 22.8 Å². The van der Waals surface area contributed by atoms with Crippen molar-refractivity contribution in [1.82, 2.24) is 4.98 Å². The van der Waals surface area contributed by atoms with Crippen LogP contribution in [0, 0.1) is 0 Å². The van der Waals surface area contributed by atoms with E-state index in [1.165, 1.54) is 0 Å². The lowest BCUT2D eigenvalue weighted by molar-refractivity contribution is 0.0699. The quantitative estimate of drug-likeness (QED) is 0.722. The van der Waals surface area contributed by atoms with Crippen molar-refractivity contribution >= 4 is 16.9 Å². The maximum absolute atomic E-state index is 11.8. The van der Waals surface area contributed by atoms with E-state index in [9.17, 15) is 9.90 Å². The first-order chi connectivity index (χ1) is 12.1. The molecule has 1 N–H and O–H groups in total. The van der Waals surface area contributed by atoms with Crippen molar-refractivity contribution in [2.75, 3.05) is 13.2 Å². The molecule has 1 heterocycles. The number of fused-ring (bicyclic) bond motifs is 1. The number of hydrogen-bond donors (Lipinski definition) is 1. The third kappa shape index (κ3) is 3.40. The molecule has 0 aliphatic carbocycles.